The molecule has 3 aromatic rings. The fourth-order valence-electron chi connectivity index (χ4n) is 1.88. The lowest BCUT2D eigenvalue weighted by Gasteiger charge is -1.92. The van der Waals surface area contributed by atoms with Gasteiger partial charge in [-0.3, -0.25) is 0 Å². The fraction of sp³-hybridized carbons (Fsp3) is 0.0833. The number of benzene rings is 1. The third-order valence-corrected chi connectivity index (χ3v) is 2.68. The number of para-hydroxylation sites is 1. The van der Waals surface area contributed by atoms with Gasteiger partial charge in [0, 0.05) is 10.9 Å². The standard InChI is InChI=1S/C12H11N3O/c1-7-8-4-2-3-5-10(8)16-11(7)9-6-14-12(13)15-9/h2-6H,1H3,(H3,13,14,15). The molecule has 1 aromatic carbocycles. The van der Waals surface area contributed by atoms with Crippen LogP contribution in [0.15, 0.2) is 34.9 Å². The van der Waals surface area contributed by atoms with E-state index in [4.69, 9.17) is 10.2 Å². The molecule has 0 aliphatic rings. The van der Waals surface area contributed by atoms with Crippen LogP contribution in [-0.4, -0.2) is 9.97 Å². The van der Waals surface area contributed by atoms with Gasteiger partial charge in [0.05, 0.1) is 6.20 Å². The number of anilines is 1. The molecule has 0 bridgehead atoms. The molecule has 0 saturated carbocycles. The topological polar surface area (TPSA) is 67.8 Å². The highest BCUT2D eigenvalue weighted by Gasteiger charge is 2.13. The van der Waals surface area contributed by atoms with E-state index in [-0.39, 0.29) is 0 Å². The number of aromatic nitrogens is 2. The summed E-state index contributed by atoms with van der Waals surface area (Å²) in [6.45, 7) is 2.03. The summed E-state index contributed by atoms with van der Waals surface area (Å²) in [6.07, 6.45) is 1.68. The molecule has 0 saturated heterocycles. The van der Waals surface area contributed by atoms with E-state index in [2.05, 4.69) is 9.97 Å². The van der Waals surface area contributed by atoms with Crippen LogP contribution in [0.3, 0.4) is 0 Å². The number of imidazole rings is 1. The number of hydrogen-bond acceptors (Lipinski definition) is 3. The average molecular weight is 213 g/mol. The number of nitrogens with one attached hydrogen (secondary N) is 1. The summed E-state index contributed by atoms with van der Waals surface area (Å²) >= 11 is 0. The van der Waals surface area contributed by atoms with Gasteiger partial charge in [-0.2, -0.15) is 0 Å². The summed E-state index contributed by atoms with van der Waals surface area (Å²) in [5.41, 5.74) is 8.34. The predicted molar refractivity (Wildman–Crippen MR) is 62.9 cm³/mol. The van der Waals surface area contributed by atoms with Crippen LogP contribution in [0.1, 0.15) is 5.56 Å². The zero-order chi connectivity index (χ0) is 11.1. The highest BCUT2D eigenvalue weighted by Crippen LogP contribution is 2.31. The zero-order valence-corrected chi connectivity index (χ0v) is 8.82. The number of furan rings is 1. The lowest BCUT2D eigenvalue weighted by molar-refractivity contribution is 0.627. The number of nitrogen functional groups attached to an aromatic ring is 1. The maximum atomic E-state index is 5.77. The summed E-state index contributed by atoms with van der Waals surface area (Å²) in [5, 5.41) is 1.12. The molecule has 0 unspecified atom stereocenters. The van der Waals surface area contributed by atoms with Crippen LogP contribution in [0.2, 0.25) is 0 Å². The van der Waals surface area contributed by atoms with Gasteiger partial charge in [0.2, 0.25) is 0 Å². The second-order valence-electron chi connectivity index (χ2n) is 3.73. The van der Waals surface area contributed by atoms with Gasteiger partial charge in [-0.25, -0.2) is 4.98 Å². The number of nitrogens with two attached hydrogens (primary N) is 1. The molecule has 16 heavy (non-hydrogen) atoms. The van der Waals surface area contributed by atoms with E-state index < -0.39 is 0 Å². The molecule has 4 heteroatoms. The number of fused-ring (bicyclic) bond motifs is 1. The van der Waals surface area contributed by atoms with Crippen LogP contribution in [0.5, 0.6) is 0 Å². The van der Waals surface area contributed by atoms with Crippen molar-refractivity contribution in [1.82, 2.24) is 9.97 Å². The number of aromatic amines is 1. The first kappa shape index (κ1) is 9.03. The van der Waals surface area contributed by atoms with Crippen LogP contribution < -0.4 is 5.73 Å². The number of hydrogen-bond donors (Lipinski definition) is 2. The molecule has 0 atom stereocenters. The van der Waals surface area contributed by atoms with Gasteiger partial charge in [0.15, 0.2) is 11.7 Å². The molecular formula is C12H11N3O. The Hall–Kier alpha value is -2.23. The minimum absolute atomic E-state index is 0.398. The van der Waals surface area contributed by atoms with Gasteiger partial charge in [0.25, 0.3) is 0 Å². The van der Waals surface area contributed by atoms with E-state index in [1.807, 2.05) is 31.2 Å². The molecule has 80 valence electrons. The Balaban J connectivity index is 2.28. The highest BCUT2D eigenvalue weighted by molar-refractivity contribution is 5.86. The molecule has 0 radical (unpaired) electrons. The lowest BCUT2D eigenvalue weighted by Crippen LogP contribution is -1.85. The van der Waals surface area contributed by atoms with Gasteiger partial charge < -0.3 is 15.1 Å². The van der Waals surface area contributed by atoms with Crippen molar-refractivity contribution in [2.45, 2.75) is 6.92 Å². The highest BCUT2D eigenvalue weighted by atomic mass is 16.3. The summed E-state index contributed by atoms with van der Waals surface area (Å²) < 4.78 is 5.77. The van der Waals surface area contributed by atoms with E-state index in [0.29, 0.717) is 5.95 Å². The first-order valence-corrected chi connectivity index (χ1v) is 5.04. The Labute approximate surface area is 92.1 Å². The van der Waals surface area contributed by atoms with Gasteiger partial charge in [-0.1, -0.05) is 18.2 Å². The molecular weight excluding hydrogens is 202 g/mol. The van der Waals surface area contributed by atoms with Crippen molar-refractivity contribution in [1.29, 1.82) is 0 Å². The fourth-order valence-corrected chi connectivity index (χ4v) is 1.88. The van der Waals surface area contributed by atoms with E-state index in [0.717, 1.165) is 28.0 Å². The summed E-state index contributed by atoms with van der Waals surface area (Å²) in [5.74, 6) is 1.19. The Morgan fingerprint density at radius 3 is 2.81 bits per heavy atom. The summed E-state index contributed by atoms with van der Waals surface area (Å²) in [6, 6.07) is 7.94. The Morgan fingerprint density at radius 1 is 1.31 bits per heavy atom. The molecule has 3 N–H and O–H groups in total. The van der Waals surface area contributed by atoms with Gasteiger partial charge >= 0.3 is 0 Å². The smallest absolute Gasteiger partial charge is 0.197 e. The lowest BCUT2D eigenvalue weighted by atomic mass is 10.1. The van der Waals surface area contributed by atoms with Crippen LogP contribution >= 0.6 is 0 Å². The Kier molecular flexibility index (Phi) is 1.77. The van der Waals surface area contributed by atoms with E-state index >= 15 is 0 Å². The van der Waals surface area contributed by atoms with Crippen LogP contribution in [0, 0.1) is 6.92 Å². The second kappa shape index (κ2) is 3.13. The summed E-state index contributed by atoms with van der Waals surface area (Å²) in [4.78, 5) is 6.93. The van der Waals surface area contributed by atoms with Crippen molar-refractivity contribution < 1.29 is 4.42 Å². The van der Waals surface area contributed by atoms with E-state index in [1.54, 1.807) is 6.20 Å². The van der Waals surface area contributed by atoms with Crippen molar-refractivity contribution in [3.63, 3.8) is 0 Å². The minimum atomic E-state index is 0.398. The van der Waals surface area contributed by atoms with Crippen molar-refractivity contribution in [2.75, 3.05) is 5.73 Å². The SMILES string of the molecule is Cc1c(-c2cnc(N)[nH]2)oc2ccccc12. The first-order valence-electron chi connectivity index (χ1n) is 5.04. The first-order chi connectivity index (χ1) is 7.75. The molecule has 0 spiro atoms. The number of H-pyrrole nitrogens is 1. The third kappa shape index (κ3) is 1.20. The number of nitrogens with zero attached hydrogens (tertiary/aromatic N) is 1. The largest absolute Gasteiger partial charge is 0.454 e. The molecule has 4 nitrogen and oxygen atoms in total. The third-order valence-electron chi connectivity index (χ3n) is 2.68. The maximum Gasteiger partial charge on any atom is 0.197 e. The van der Waals surface area contributed by atoms with Crippen molar-refractivity contribution >= 4 is 16.9 Å². The molecule has 0 aliphatic carbocycles. The molecule has 0 amide bonds. The number of rotatable bonds is 1. The van der Waals surface area contributed by atoms with Crippen LogP contribution in [0.25, 0.3) is 22.4 Å². The minimum Gasteiger partial charge on any atom is -0.454 e. The van der Waals surface area contributed by atoms with Crippen molar-refractivity contribution in [3.05, 3.63) is 36.0 Å². The average Bonchev–Trinajstić information content (AvgIpc) is 2.84. The molecule has 3 rings (SSSR count). The second-order valence-corrected chi connectivity index (χ2v) is 3.73. The molecule has 0 fully saturated rings. The Bertz CT molecular complexity index is 651. The van der Waals surface area contributed by atoms with E-state index in [9.17, 15) is 0 Å². The van der Waals surface area contributed by atoms with Crippen LogP contribution in [-0.2, 0) is 0 Å². The molecule has 2 heterocycles. The predicted octanol–water partition coefficient (Wildman–Crippen LogP) is 2.71. The molecule has 0 aliphatic heterocycles. The van der Waals surface area contributed by atoms with Gasteiger partial charge in [-0.05, 0) is 13.0 Å². The zero-order valence-electron chi connectivity index (χ0n) is 8.82. The van der Waals surface area contributed by atoms with Gasteiger partial charge in [-0.15, -0.1) is 0 Å². The monoisotopic (exact) mass is 213 g/mol. The Morgan fingerprint density at radius 2 is 2.12 bits per heavy atom. The van der Waals surface area contributed by atoms with Crippen molar-refractivity contribution in [3.8, 4) is 11.5 Å². The molecule has 2 aromatic heterocycles. The quantitative estimate of drug-likeness (QED) is 0.653. The number of aryl methyl sites for hydroxylation is 1. The van der Waals surface area contributed by atoms with Crippen molar-refractivity contribution in [2.24, 2.45) is 0 Å². The van der Waals surface area contributed by atoms with E-state index in [1.165, 1.54) is 0 Å². The summed E-state index contributed by atoms with van der Waals surface area (Å²) in [7, 11) is 0. The van der Waals surface area contributed by atoms with Gasteiger partial charge in [0.1, 0.15) is 11.3 Å². The normalized spacial score (nSPS) is 11.1. The maximum absolute atomic E-state index is 5.77. The van der Waals surface area contributed by atoms with Crippen LogP contribution in [0.4, 0.5) is 5.95 Å².